The van der Waals surface area contributed by atoms with E-state index in [4.69, 9.17) is 9.84 Å². The van der Waals surface area contributed by atoms with E-state index >= 15 is 0 Å². The Labute approximate surface area is 258 Å². The molecule has 0 saturated heterocycles. The molecule has 3 nitrogen and oxygen atoms in total. The normalized spacial score (nSPS) is 11.6. The number of hydrogen-bond donors (Lipinski definition) is 1. The Balaban J connectivity index is 3.18. The van der Waals surface area contributed by atoms with Crippen LogP contribution < -0.4 is 0 Å². The van der Waals surface area contributed by atoms with E-state index in [0.29, 0.717) is 19.6 Å². The molecule has 0 aliphatic carbocycles. The van der Waals surface area contributed by atoms with Crippen molar-refractivity contribution < 1.29 is 14.6 Å². The SMILES string of the molecule is CCCCCCCCC=CCCCCCCCCCCCC(=O)OCCCCCCCCCCCCCCCCO. The predicted octanol–water partition coefficient (Wildman–Crippen LogP) is 12.6. The Hall–Kier alpha value is -0.830. The van der Waals surface area contributed by atoms with Crippen molar-refractivity contribution in [2.45, 2.75) is 212 Å². The zero-order chi connectivity index (χ0) is 29.7. The van der Waals surface area contributed by atoms with E-state index in [0.717, 1.165) is 19.3 Å². The summed E-state index contributed by atoms with van der Waals surface area (Å²) in [7, 11) is 0. The summed E-state index contributed by atoms with van der Waals surface area (Å²) >= 11 is 0. The number of allylic oxidation sites excluding steroid dienone is 2. The molecule has 0 heterocycles. The summed E-state index contributed by atoms with van der Waals surface area (Å²) in [5.41, 5.74) is 0. The number of rotatable bonds is 35. The molecule has 3 heteroatoms. The number of hydrogen-bond acceptors (Lipinski definition) is 3. The van der Waals surface area contributed by atoms with Crippen molar-refractivity contribution in [3.8, 4) is 0 Å². The zero-order valence-electron chi connectivity index (χ0n) is 28.0. The number of aliphatic hydroxyl groups is 1. The van der Waals surface area contributed by atoms with Gasteiger partial charge in [0.25, 0.3) is 0 Å². The first kappa shape index (κ1) is 40.2. The minimum atomic E-state index is 0.0134. The fourth-order valence-electron chi connectivity index (χ4n) is 5.64. The second-order valence-electron chi connectivity index (χ2n) is 12.6. The van der Waals surface area contributed by atoms with Crippen LogP contribution in [0.2, 0.25) is 0 Å². The van der Waals surface area contributed by atoms with Crippen LogP contribution in [0.4, 0.5) is 0 Å². The maximum atomic E-state index is 11.9. The van der Waals surface area contributed by atoms with Crippen molar-refractivity contribution >= 4 is 5.97 Å². The second-order valence-corrected chi connectivity index (χ2v) is 12.6. The minimum absolute atomic E-state index is 0.0134. The molecule has 244 valence electrons. The maximum Gasteiger partial charge on any atom is 0.305 e. The van der Waals surface area contributed by atoms with Gasteiger partial charge in [-0.3, -0.25) is 4.79 Å². The molecule has 0 aliphatic rings. The smallest absolute Gasteiger partial charge is 0.305 e. The van der Waals surface area contributed by atoms with Crippen molar-refractivity contribution in [3.05, 3.63) is 12.2 Å². The highest BCUT2D eigenvalue weighted by Gasteiger charge is 2.03. The van der Waals surface area contributed by atoms with Crippen LogP contribution in [0.1, 0.15) is 212 Å². The molecule has 0 aromatic rings. The summed E-state index contributed by atoms with van der Waals surface area (Å²) in [6.07, 6.45) is 45.7. The van der Waals surface area contributed by atoms with Gasteiger partial charge in [-0.1, -0.05) is 173 Å². The Morgan fingerprint density at radius 3 is 1.22 bits per heavy atom. The van der Waals surface area contributed by atoms with Gasteiger partial charge in [0.05, 0.1) is 6.61 Å². The highest BCUT2D eigenvalue weighted by atomic mass is 16.5. The van der Waals surface area contributed by atoms with E-state index < -0.39 is 0 Å². The molecule has 0 radical (unpaired) electrons. The lowest BCUT2D eigenvalue weighted by atomic mass is 10.0. The summed E-state index contributed by atoms with van der Waals surface area (Å²) in [4.78, 5) is 11.9. The average molecular weight is 579 g/mol. The van der Waals surface area contributed by atoms with Gasteiger partial charge in [-0.25, -0.2) is 0 Å². The van der Waals surface area contributed by atoms with Crippen LogP contribution in [0.3, 0.4) is 0 Å². The number of aliphatic hydroxyl groups excluding tert-OH is 1. The number of unbranched alkanes of at least 4 members (excludes halogenated alkanes) is 28. The highest BCUT2D eigenvalue weighted by molar-refractivity contribution is 5.69. The minimum Gasteiger partial charge on any atom is -0.466 e. The standard InChI is InChI=1S/C38H74O3/c1-2-3-4-5-6-7-8-9-10-11-12-13-14-17-20-23-26-29-32-35-38(40)41-37-34-31-28-25-22-19-16-15-18-21-24-27-30-33-36-39/h9-10,39H,2-8,11-37H2,1H3. The Bertz CT molecular complexity index is 516. The molecule has 0 unspecified atom stereocenters. The van der Waals surface area contributed by atoms with Crippen molar-refractivity contribution in [2.75, 3.05) is 13.2 Å². The Kier molecular flexibility index (Phi) is 36.4. The molecule has 0 bridgehead atoms. The zero-order valence-corrected chi connectivity index (χ0v) is 28.0. The Morgan fingerprint density at radius 2 is 0.805 bits per heavy atom. The topological polar surface area (TPSA) is 46.5 Å². The third kappa shape index (κ3) is 37.1. The van der Waals surface area contributed by atoms with Gasteiger partial charge in [-0.15, -0.1) is 0 Å². The average Bonchev–Trinajstić information content (AvgIpc) is 2.98. The molecule has 0 saturated carbocycles. The van der Waals surface area contributed by atoms with Crippen LogP contribution in [-0.2, 0) is 9.53 Å². The molecule has 0 spiro atoms. The predicted molar refractivity (Wildman–Crippen MR) is 181 cm³/mol. The molecule has 0 atom stereocenters. The van der Waals surface area contributed by atoms with Crippen molar-refractivity contribution in [1.82, 2.24) is 0 Å². The number of carbonyl (C=O) groups excluding carboxylic acids is 1. The first-order chi connectivity index (χ1) is 20.3. The lowest BCUT2D eigenvalue weighted by Crippen LogP contribution is -2.05. The maximum absolute atomic E-state index is 11.9. The molecule has 1 N–H and O–H groups in total. The molecular weight excluding hydrogens is 504 g/mol. The van der Waals surface area contributed by atoms with Crippen LogP contribution in [0.15, 0.2) is 12.2 Å². The van der Waals surface area contributed by atoms with Crippen LogP contribution in [0, 0.1) is 0 Å². The second kappa shape index (κ2) is 37.2. The molecular formula is C38H74O3. The molecule has 0 aliphatic heterocycles. The summed E-state index contributed by atoms with van der Waals surface area (Å²) in [5.74, 6) is 0.0134. The van der Waals surface area contributed by atoms with Gasteiger partial charge in [0, 0.05) is 13.0 Å². The number of ether oxygens (including phenoxy) is 1. The van der Waals surface area contributed by atoms with Crippen LogP contribution in [-0.4, -0.2) is 24.3 Å². The van der Waals surface area contributed by atoms with Gasteiger partial charge < -0.3 is 9.84 Å². The van der Waals surface area contributed by atoms with E-state index in [9.17, 15) is 4.79 Å². The van der Waals surface area contributed by atoms with Gasteiger partial charge in [-0.2, -0.15) is 0 Å². The summed E-state index contributed by atoms with van der Waals surface area (Å²) < 4.78 is 5.44. The first-order valence-corrected chi connectivity index (χ1v) is 18.7. The lowest BCUT2D eigenvalue weighted by Gasteiger charge is -2.06. The van der Waals surface area contributed by atoms with Crippen LogP contribution >= 0.6 is 0 Å². The first-order valence-electron chi connectivity index (χ1n) is 18.7. The van der Waals surface area contributed by atoms with E-state index in [1.807, 2.05) is 0 Å². The van der Waals surface area contributed by atoms with Gasteiger partial charge in [-0.05, 0) is 44.9 Å². The molecule has 41 heavy (non-hydrogen) atoms. The van der Waals surface area contributed by atoms with E-state index in [2.05, 4.69) is 19.1 Å². The lowest BCUT2D eigenvalue weighted by molar-refractivity contribution is -0.143. The van der Waals surface area contributed by atoms with Gasteiger partial charge in [0.15, 0.2) is 0 Å². The van der Waals surface area contributed by atoms with Gasteiger partial charge >= 0.3 is 5.97 Å². The van der Waals surface area contributed by atoms with Crippen LogP contribution in [0.25, 0.3) is 0 Å². The van der Waals surface area contributed by atoms with Crippen LogP contribution in [0.5, 0.6) is 0 Å². The third-order valence-electron chi connectivity index (χ3n) is 8.46. The van der Waals surface area contributed by atoms with Crippen molar-refractivity contribution in [3.63, 3.8) is 0 Å². The van der Waals surface area contributed by atoms with Crippen molar-refractivity contribution in [1.29, 1.82) is 0 Å². The fourth-order valence-corrected chi connectivity index (χ4v) is 5.64. The van der Waals surface area contributed by atoms with E-state index in [1.165, 1.54) is 180 Å². The molecule has 0 aromatic carbocycles. The fraction of sp³-hybridized carbons (Fsp3) is 0.921. The number of esters is 1. The molecule has 0 aromatic heterocycles. The largest absolute Gasteiger partial charge is 0.466 e. The summed E-state index contributed by atoms with van der Waals surface area (Å²) in [5, 5.41) is 8.78. The Morgan fingerprint density at radius 1 is 0.463 bits per heavy atom. The summed E-state index contributed by atoms with van der Waals surface area (Å²) in [6.45, 7) is 3.25. The highest BCUT2D eigenvalue weighted by Crippen LogP contribution is 2.14. The quantitative estimate of drug-likeness (QED) is 0.0462. The molecule has 0 amide bonds. The summed E-state index contributed by atoms with van der Waals surface area (Å²) in [6, 6.07) is 0. The monoisotopic (exact) mass is 579 g/mol. The van der Waals surface area contributed by atoms with Gasteiger partial charge in [0.2, 0.25) is 0 Å². The van der Waals surface area contributed by atoms with Gasteiger partial charge in [0.1, 0.15) is 0 Å². The molecule has 0 fully saturated rings. The molecule has 0 rings (SSSR count). The van der Waals surface area contributed by atoms with E-state index in [1.54, 1.807) is 0 Å². The number of carbonyl (C=O) groups is 1. The van der Waals surface area contributed by atoms with Crippen molar-refractivity contribution in [2.24, 2.45) is 0 Å². The third-order valence-corrected chi connectivity index (χ3v) is 8.46. The van der Waals surface area contributed by atoms with E-state index in [-0.39, 0.29) is 5.97 Å².